The van der Waals surface area contributed by atoms with Crippen LogP contribution in [0.25, 0.3) is 0 Å². The van der Waals surface area contributed by atoms with Crippen molar-refractivity contribution in [2.24, 2.45) is 0 Å². The summed E-state index contributed by atoms with van der Waals surface area (Å²) in [4.78, 5) is 10.5. The van der Waals surface area contributed by atoms with Gasteiger partial charge in [0.05, 0.1) is 0 Å². The van der Waals surface area contributed by atoms with Crippen molar-refractivity contribution >= 4 is 5.78 Å². The molecular weight excluding hydrogens is 243 g/mol. The lowest BCUT2D eigenvalue weighted by molar-refractivity contribution is -0.0885. The van der Waals surface area contributed by atoms with Crippen molar-refractivity contribution < 1.29 is 18.0 Å². The van der Waals surface area contributed by atoms with E-state index in [0.717, 1.165) is 12.1 Å². The maximum Gasteiger partial charge on any atom is 0.454 e. The summed E-state index contributed by atoms with van der Waals surface area (Å²) in [6.45, 7) is 2.50. The van der Waals surface area contributed by atoms with Crippen molar-refractivity contribution in [2.45, 2.75) is 25.4 Å². The zero-order valence-corrected chi connectivity index (χ0v) is 9.96. The summed E-state index contributed by atoms with van der Waals surface area (Å²) >= 11 is 0. The highest BCUT2D eigenvalue weighted by molar-refractivity contribution is 6.00. The van der Waals surface area contributed by atoms with E-state index in [1.165, 1.54) is 44.5 Å². The van der Waals surface area contributed by atoms with Crippen LogP contribution >= 0.6 is 0 Å². The van der Waals surface area contributed by atoms with Crippen LogP contribution in [0.3, 0.4) is 0 Å². The van der Waals surface area contributed by atoms with Gasteiger partial charge in [-0.25, -0.2) is 0 Å². The number of rotatable bonds is 1. The summed E-state index contributed by atoms with van der Waals surface area (Å²) in [5.74, 6) is -1.80. The number of hydrogen-bond acceptors (Lipinski definition) is 2. The monoisotopic (exact) mass is 259 g/mol. The number of Topliss-reactive ketones (excluding diaryl/α,β-unsaturated/α-hetero) is 1. The molecule has 0 bridgehead atoms. The predicted molar refractivity (Wildman–Crippen MR) is 63.5 cm³/mol. The van der Waals surface area contributed by atoms with E-state index in [0.29, 0.717) is 0 Å². The van der Waals surface area contributed by atoms with Crippen molar-refractivity contribution in [3.8, 4) is 0 Å². The Balaban J connectivity index is 0.000000225. The van der Waals surface area contributed by atoms with Gasteiger partial charge >= 0.3 is 6.18 Å². The lowest BCUT2D eigenvalue weighted by Gasteiger charge is -2.08. The van der Waals surface area contributed by atoms with Crippen LogP contribution in [-0.4, -0.2) is 25.0 Å². The molecule has 1 fully saturated rings. The Hall–Kier alpha value is -1.36. The van der Waals surface area contributed by atoms with Crippen LogP contribution in [0.4, 0.5) is 13.2 Å². The van der Waals surface area contributed by atoms with Crippen molar-refractivity contribution in [3.63, 3.8) is 0 Å². The first-order valence-electron chi connectivity index (χ1n) is 5.89. The number of nitrogens with one attached hydrogen (secondary N) is 1. The zero-order chi connectivity index (χ0) is 13.4. The van der Waals surface area contributed by atoms with Crippen LogP contribution in [0.2, 0.25) is 0 Å². The van der Waals surface area contributed by atoms with Crippen molar-refractivity contribution in [1.82, 2.24) is 5.32 Å². The number of benzene rings is 1. The summed E-state index contributed by atoms with van der Waals surface area (Å²) in [6.07, 6.45) is -0.561. The SMILES string of the molecule is C1CCNCC1.O=C(c1ccccc1)C(F)(F)F. The molecule has 0 atom stereocenters. The first-order valence-corrected chi connectivity index (χ1v) is 5.89. The minimum absolute atomic E-state index is 0.329. The van der Waals surface area contributed by atoms with Gasteiger partial charge in [-0.3, -0.25) is 4.79 Å². The van der Waals surface area contributed by atoms with Gasteiger partial charge in [0.1, 0.15) is 0 Å². The van der Waals surface area contributed by atoms with Crippen LogP contribution in [-0.2, 0) is 0 Å². The second-order valence-corrected chi connectivity index (χ2v) is 4.00. The molecule has 1 saturated heterocycles. The molecule has 0 amide bonds. The number of alkyl halides is 3. The van der Waals surface area contributed by atoms with Gasteiger partial charge < -0.3 is 5.32 Å². The van der Waals surface area contributed by atoms with Gasteiger partial charge in [0.15, 0.2) is 0 Å². The standard InChI is InChI=1S/C8H5F3O.C5H11N/c9-8(10,11)7(12)6-4-2-1-3-5-6;1-2-4-6-5-3-1/h1-5H;6H,1-5H2. The predicted octanol–water partition coefficient (Wildman–Crippen LogP) is 3.19. The van der Waals surface area contributed by atoms with E-state index in [-0.39, 0.29) is 5.56 Å². The molecule has 1 aliphatic heterocycles. The van der Waals surface area contributed by atoms with Gasteiger partial charge in [0, 0.05) is 5.56 Å². The number of carbonyl (C=O) groups excluding carboxylic acids is 1. The van der Waals surface area contributed by atoms with Crippen LogP contribution in [0, 0.1) is 0 Å². The fourth-order valence-electron chi connectivity index (χ4n) is 1.55. The lowest BCUT2D eigenvalue weighted by atomic mass is 10.1. The molecule has 5 heteroatoms. The Morgan fingerprint density at radius 2 is 1.56 bits per heavy atom. The Bertz CT molecular complexity index is 347. The molecule has 0 aromatic heterocycles. The van der Waals surface area contributed by atoms with Gasteiger partial charge in [-0.2, -0.15) is 13.2 Å². The maximum absolute atomic E-state index is 11.8. The molecule has 0 radical (unpaired) electrons. The molecule has 1 aromatic carbocycles. The van der Waals surface area contributed by atoms with Crippen LogP contribution in [0.1, 0.15) is 29.6 Å². The molecule has 1 heterocycles. The fourth-order valence-corrected chi connectivity index (χ4v) is 1.55. The highest BCUT2D eigenvalue weighted by Crippen LogP contribution is 2.20. The third-order valence-electron chi connectivity index (χ3n) is 2.50. The molecule has 1 N–H and O–H groups in total. The second kappa shape index (κ2) is 7.16. The molecule has 2 rings (SSSR count). The molecule has 0 unspecified atom stereocenters. The van der Waals surface area contributed by atoms with Gasteiger partial charge in [-0.05, 0) is 25.9 Å². The molecule has 0 saturated carbocycles. The van der Waals surface area contributed by atoms with Crippen molar-refractivity contribution in [2.75, 3.05) is 13.1 Å². The summed E-state index contributed by atoms with van der Waals surface area (Å²) in [5, 5.41) is 3.28. The van der Waals surface area contributed by atoms with Gasteiger partial charge in [-0.1, -0.05) is 36.8 Å². The van der Waals surface area contributed by atoms with Crippen molar-refractivity contribution in [3.05, 3.63) is 35.9 Å². The largest absolute Gasteiger partial charge is 0.454 e. The Morgan fingerprint density at radius 3 is 1.89 bits per heavy atom. The average Bonchev–Trinajstić information content (AvgIpc) is 2.40. The molecule has 1 aliphatic rings. The highest BCUT2D eigenvalue weighted by Gasteiger charge is 2.38. The van der Waals surface area contributed by atoms with Crippen LogP contribution in [0.5, 0.6) is 0 Å². The molecule has 18 heavy (non-hydrogen) atoms. The fraction of sp³-hybridized carbons (Fsp3) is 0.462. The molecular formula is C13H16F3NO. The van der Waals surface area contributed by atoms with E-state index < -0.39 is 12.0 Å². The molecule has 100 valence electrons. The highest BCUT2D eigenvalue weighted by atomic mass is 19.4. The summed E-state index contributed by atoms with van der Waals surface area (Å²) in [6, 6.07) is 6.59. The Labute approximate surface area is 104 Å². The first kappa shape index (κ1) is 14.7. The van der Waals surface area contributed by atoms with Gasteiger partial charge in [0.25, 0.3) is 5.78 Å². The normalized spacial score (nSPS) is 15.5. The average molecular weight is 259 g/mol. The number of hydrogen-bond donors (Lipinski definition) is 1. The lowest BCUT2D eigenvalue weighted by Crippen LogP contribution is -2.22. The summed E-state index contributed by atoms with van der Waals surface area (Å²) < 4.78 is 35.4. The number of carbonyl (C=O) groups is 1. The molecule has 2 nitrogen and oxygen atoms in total. The number of ketones is 1. The minimum atomic E-state index is -4.78. The van der Waals surface area contributed by atoms with E-state index >= 15 is 0 Å². The molecule has 0 aliphatic carbocycles. The number of halogens is 3. The summed E-state index contributed by atoms with van der Waals surface area (Å²) in [7, 11) is 0. The van der Waals surface area contributed by atoms with E-state index in [2.05, 4.69) is 5.32 Å². The first-order chi connectivity index (χ1) is 8.52. The second-order valence-electron chi connectivity index (χ2n) is 4.00. The third kappa shape index (κ3) is 5.31. The maximum atomic E-state index is 11.8. The van der Waals surface area contributed by atoms with Crippen LogP contribution < -0.4 is 5.32 Å². The number of piperidine rings is 1. The van der Waals surface area contributed by atoms with Gasteiger partial charge in [-0.15, -0.1) is 0 Å². The van der Waals surface area contributed by atoms with Crippen LogP contribution in [0.15, 0.2) is 30.3 Å². The summed E-state index contributed by atoms with van der Waals surface area (Å²) in [5.41, 5.74) is -0.329. The molecule has 0 spiro atoms. The van der Waals surface area contributed by atoms with E-state index in [1.54, 1.807) is 6.07 Å². The van der Waals surface area contributed by atoms with E-state index in [1.807, 2.05) is 0 Å². The Kier molecular flexibility index (Phi) is 5.85. The smallest absolute Gasteiger partial charge is 0.317 e. The van der Waals surface area contributed by atoms with Crippen molar-refractivity contribution in [1.29, 1.82) is 0 Å². The van der Waals surface area contributed by atoms with Gasteiger partial charge in [0.2, 0.25) is 0 Å². The van der Waals surface area contributed by atoms with E-state index in [4.69, 9.17) is 0 Å². The quantitative estimate of drug-likeness (QED) is 0.785. The van der Waals surface area contributed by atoms with E-state index in [9.17, 15) is 18.0 Å². The minimum Gasteiger partial charge on any atom is -0.317 e. The Morgan fingerprint density at radius 1 is 1.00 bits per heavy atom. The topological polar surface area (TPSA) is 29.1 Å². The zero-order valence-electron chi connectivity index (χ0n) is 9.96. The third-order valence-corrected chi connectivity index (χ3v) is 2.50. The molecule has 1 aromatic rings.